The summed E-state index contributed by atoms with van der Waals surface area (Å²) in [5, 5.41) is 10.5. The third-order valence-corrected chi connectivity index (χ3v) is 8.24. The van der Waals surface area contributed by atoms with Crippen LogP contribution in [0.1, 0.15) is 13.8 Å². The Morgan fingerprint density at radius 1 is 1.25 bits per heavy atom. The molecule has 112 valence electrons. The van der Waals surface area contributed by atoms with Gasteiger partial charge in [0.1, 0.15) is 5.49 Å². The number of hydrogen-bond donors (Lipinski definition) is 0. The fourth-order valence-corrected chi connectivity index (χ4v) is 6.46. The zero-order chi connectivity index (χ0) is 15.4. The SMILES string of the molecule is CCOP(=O)(CC)CS(=O)(=O)c1ccc([N+](=O)[O-])cc1. The van der Waals surface area contributed by atoms with E-state index in [4.69, 9.17) is 4.52 Å². The lowest BCUT2D eigenvalue weighted by Gasteiger charge is -2.15. The van der Waals surface area contributed by atoms with Crippen molar-refractivity contribution in [3.05, 3.63) is 34.4 Å². The van der Waals surface area contributed by atoms with Gasteiger partial charge in [-0.25, -0.2) is 8.42 Å². The molecule has 0 heterocycles. The minimum atomic E-state index is -3.81. The Balaban J connectivity index is 3.05. The van der Waals surface area contributed by atoms with Crippen molar-refractivity contribution in [1.29, 1.82) is 0 Å². The Morgan fingerprint density at radius 3 is 2.20 bits per heavy atom. The van der Waals surface area contributed by atoms with Crippen LogP contribution in [0.4, 0.5) is 5.69 Å². The molecule has 0 aromatic heterocycles. The van der Waals surface area contributed by atoms with E-state index < -0.39 is 27.6 Å². The molecule has 7 nitrogen and oxygen atoms in total. The molecule has 0 amide bonds. The van der Waals surface area contributed by atoms with E-state index in [2.05, 4.69) is 0 Å². The molecule has 0 saturated carbocycles. The topological polar surface area (TPSA) is 104 Å². The van der Waals surface area contributed by atoms with Gasteiger partial charge in [0.05, 0.1) is 16.4 Å². The number of nitro benzene ring substituents is 1. The number of non-ortho nitro benzene ring substituents is 1. The lowest BCUT2D eigenvalue weighted by molar-refractivity contribution is -0.384. The van der Waals surface area contributed by atoms with Crippen LogP contribution in [0.15, 0.2) is 29.2 Å². The largest absolute Gasteiger partial charge is 0.328 e. The smallest absolute Gasteiger partial charge is 0.269 e. The molecule has 1 aromatic rings. The van der Waals surface area contributed by atoms with Crippen molar-refractivity contribution < 1.29 is 22.4 Å². The first kappa shape index (κ1) is 16.8. The minimum Gasteiger partial charge on any atom is -0.328 e. The number of nitro groups is 1. The average Bonchev–Trinajstić information content (AvgIpc) is 2.38. The Kier molecular flexibility index (Phi) is 5.44. The van der Waals surface area contributed by atoms with Crippen LogP contribution >= 0.6 is 7.37 Å². The van der Waals surface area contributed by atoms with Gasteiger partial charge in [-0.3, -0.25) is 14.7 Å². The summed E-state index contributed by atoms with van der Waals surface area (Å²) in [5.41, 5.74) is -0.797. The molecule has 0 aliphatic heterocycles. The second-order valence-electron chi connectivity index (χ2n) is 4.04. The Labute approximate surface area is 117 Å². The van der Waals surface area contributed by atoms with E-state index in [0.29, 0.717) is 0 Å². The maximum atomic E-state index is 12.2. The molecule has 0 N–H and O–H groups in total. The highest BCUT2D eigenvalue weighted by molar-refractivity contribution is 7.98. The summed E-state index contributed by atoms with van der Waals surface area (Å²) in [6.07, 6.45) is 0.118. The van der Waals surface area contributed by atoms with E-state index in [9.17, 15) is 23.1 Å². The third-order valence-electron chi connectivity index (χ3n) is 2.62. The van der Waals surface area contributed by atoms with Crippen LogP contribution in [-0.2, 0) is 18.9 Å². The van der Waals surface area contributed by atoms with E-state index in [1.165, 1.54) is 0 Å². The average molecular weight is 321 g/mol. The van der Waals surface area contributed by atoms with Crippen LogP contribution < -0.4 is 0 Å². The molecule has 1 atom stereocenters. The van der Waals surface area contributed by atoms with E-state index in [1.54, 1.807) is 13.8 Å². The molecule has 0 radical (unpaired) electrons. The van der Waals surface area contributed by atoms with Gasteiger partial charge < -0.3 is 4.52 Å². The predicted octanol–water partition coefficient (Wildman–Crippen LogP) is 2.66. The maximum absolute atomic E-state index is 12.2. The fourth-order valence-electron chi connectivity index (χ4n) is 1.56. The van der Waals surface area contributed by atoms with E-state index in [1.807, 2.05) is 0 Å². The van der Waals surface area contributed by atoms with Crippen molar-refractivity contribution in [2.24, 2.45) is 0 Å². The first-order valence-corrected chi connectivity index (χ1v) is 9.58. The maximum Gasteiger partial charge on any atom is 0.269 e. The van der Waals surface area contributed by atoms with Gasteiger partial charge in [-0.15, -0.1) is 0 Å². The molecular weight excluding hydrogens is 305 g/mol. The third kappa shape index (κ3) is 4.13. The summed E-state index contributed by atoms with van der Waals surface area (Å²) in [5.74, 6) is 0. The van der Waals surface area contributed by atoms with E-state index >= 15 is 0 Å². The molecule has 0 aliphatic carbocycles. The van der Waals surface area contributed by atoms with Gasteiger partial charge in [-0.05, 0) is 19.1 Å². The molecule has 0 fully saturated rings. The highest BCUT2D eigenvalue weighted by Gasteiger charge is 2.30. The van der Waals surface area contributed by atoms with Crippen LogP contribution in [-0.4, -0.2) is 31.6 Å². The quantitative estimate of drug-likeness (QED) is 0.434. The minimum absolute atomic E-state index is 0.100. The van der Waals surface area contributed by atoms with Crippen molar-refractivity contribution in [2.75, 3.05) is 18.3 Å². The Morgan fingerprint density at radius 2 is 1.80 bits per heavy atom. The molecule has 1 aromatic carbocycles. The zero-order valence-corrected chi connectivity index (χ0v) is 12.9. The van der Waals surface area contributed by atoms with Gasteiger partial charge >= 0.3 is 0 Å². The fraction of sp³-hybridized carbons (Fsp3) is 0.455. The molecule has 0 saturated heterocycles. The zero-order valence-electron chi connectivity index (χ0n) is 11.2. The first-order chi connectivity index (χ1) is 9.24. The van der Waals surface area contributed by atoms with Crippen molar-refractivity contribution in [3.8, 4) is 0 Å². The normalized spacial score (nSPS) is 14.7. The number of benzene rings is 1. The van der Waals surface area contributed by atoms with Crippen molar-refractivity contribution >= 4 is 22.9 Å². The second kappa shape index (κ2) is 6.47. The van der Waals surface area contributed by atoms with Gasteiger partial charge in [0.15, 0.2) is 9.84 Å². The van der Waals surface area contributed by atoms with Crippen molar-refractivity contribution in [1.82, 2.24) is 0 Å². The highest BCUT2D eigenvalue weighted by Crippen LogP contribution is 2.48. The lowest BCUT2D eigenvalue weighted by atomic mass is 10.3. The van der Waals surface area contributed by atoms with Gasteiger partial charge in [-0.1, -0.05) is 6.92 Å². The standard InChI is InChI=1S/C11H16NO6PS/c1-3-18-19(15,4-2)9-20(16,17)11-7-5-10(6-8-11)12(13)14/h5-8H,3-4,9H2,1-2H3. The van der Waals surface area contributed by atoms with Gasteiger partial charge in [-0.2, -0.15) is 0 Å². The summed E-state index contributed by atoms with van der Waals surface area (Å²) in [7, 11) is -7.05. The monoisotopic (exact) mass is 321 g/mol. The van der Waals surface area contributed by atoms with Gasteiger partial charge in [0.25, 0.3) is 5.69 Å². The summed E-state index contributed by atoms with van der Waals surface area (Å²) < 4.78 is 41.6. The summed E-state index contributed by atoms with van der Waals surface area (Å²) >= 11 is 0. The lowest BCUT2D eigenvalue weighted by Crippen LogP contribution is -2.10. The van der Waals surface area contributed by atoms with E-state index in [-0.39, 0.29) is 23.4 Å². The van der Waals surface area contributed by atoms with E-state index in [0.717, 1.165) is 24.3 Å². The van der Waals surface area contributed by atoms with Crippen LogP contribution in [0.2, 0.25) is 0 Å². The van der Waals surface area contributed by atoms with Crippen molar-refractivity contribution in [2.45, 2.75) is 18.7 Å². The molecule has 0 bridgehead atoms. The Bertz CT molecular complexity index is 625. The molecule has 1 rings (SSSR count). The predicted molar refractivity (Wildman–Crippen MR) is 74.9 cm³/mol. The first-order valence-electron chi connectivity index (χ1n) is 5.94. The molecule has 0 spiro atoms. The highest BCUT2D eigenvalue weighted by atomic mass is 32.2. The molecular formula is C11H16NO6PS. The number of hydrogen-bond acceptors (Lipinski definition) is 6. The van der Waals surface area contributed by atoms with Crippen LogP contribution in [0.25, 0.3) is 0 Å². The molecule has 0 aliphatic rings. The number of nitrogens with zero attached hydrogens (tertiary/aromatic N) is 1. The van der Waals surface area contributed by atoms with Crippen molar-refractivity contribution in [3.63, 3.8) is 0 Å². The number of sulfone groups is 1. The number of rotatable bonds is 7. The molecule has 9 heteroatoms. The molecule has 1 unspecified atom stereocenters. The van der Waals surface area contributed by atoms with Gasteiger partial charge in [0.2, 0.25) is 7.37 Å². The summed E-state index contributed by atoms with van der Waals surface area (Å²) in [6, 6.07) is 4.48. The summed E-state index contributed by atoms with van der Waals surface area (Å²) in [6.45, 7) is 3.41. The van der Waals surface area contributed by atoms with Crippen LogP contribution in [0.5, 0.6) is 0 Å². The Hall–Kier alpha value is -1.24. The summed E-state index contributed by atoms with van der Waals surface area (Å²) in [4.78, 5) is 9.80. The van der Waals surface area contributed by atoms with Crippen LogP contribution in [0.3, 0.4) is 0 Å². The van der Waals surface area contributed by atoms with Crippen LogP contribution in [0, 0.1) is 10.1 Å². The molecule has 20 heavy (non-hydrogen) atoms. The van der Waals surface area contributed by atoms with Gasteiger partial charge in [0, 0.05) is 18.3 Å². The second-order valence-corrected chi connectivity index (χ2v) is 9.30.